The first kappa shape index (κ1) is 20.7. The fourth-order valence-electron chi connectivity index (χ4n) is 2.31. The maximum atomic E-state index is 12.3. The summed E-state index contributed by atoms with van der Waals surface area (Å²) in [5.74, 6) is -1.16. The fraction of sp³-hybridized carbons (Fsp3) is 0.211. The van der Waals surface area contributed by atoms with Gasteiger partial charge in [-0.25, -0.2) is 0 Å². The highest BCUT2D eigenvalue weighted by atomic mass is 35.5. The summed E-state index contributed by atoms with van der Waals surface area (Å²) in [6, 6.07) is 13.4. The zero-order valence-corrected chi connectivity index (χ0v) is 16.2. The molecule has 0 heterocycles. The van der Waals surface area contributed by atoms with Gasteiger partial charge in [-0.15, -0.1) is 0 Å². The summed E-state index contributed by atoms with van der Waals surface area (Å²) >= 11 is 12.0. The van der Waals surface area contributed by atoms with Gasteiger partial charge < -0.3 is 15.5 Å². The first-order valence-corrected chi connectivity index (χ1v) is 9.02. The Bertz CT molecular complexity index is 808. The van der Waals surface area contributed by atoms with Gasteiger partial charge in [0.05, 0.1) is 28.8 Å². The quantitative estimate of drug-likeness (QED) is 0.739. The van der Waals surface area contributed by atoms with Crippen LogP contribution in [0.5, 0.6) is 0 Å². The minimum absolute atomic E-state index is 0.182. The van der Waals surface area contributed by atoms with Crippen molar-refractivity contribution in [1.29, 1.82) is 0 Å². The molecule has 142 valence electrons. The van der Waals surface area contributed by atoms with Crippen LogP contribution in [0.1, 0.15) is 17.3 Å². The second-order valence-corrected chi connectivity index (χ2v) is 6.42. The number of hydrogen-bond acceptors (Lipinski definition) is 3. The summed E-state index contributed by atoms with van der Waals surface area (Å²) in [6.45, 7) is 1.66. The number of rotatable bonds is 7. The van der Waals surface area contributed by atoms with Gasteiger partial charge in [-0.1, -0.05) is 47.5 Å². The van der Waals surface area contributed by atoms with Crippen molar-refractivity contribution in [3.63, 3.8) is 0 Å². The summed E-state index contributed by atoms with van der Waals surface area (Å²) in [7, 11) is 0. The molecular formula is C19H19Cl2N3O3. The second-order valence-electron chi connectivity index (χ2n) is 5.60. The number of carbonyl (C=O) groups is 3. The maximum absolute atomic E-state index is 12.3. The summed E-state index contributed by atoms with van der Waals surface area (Å²) < 4.78 is 0. The Morgan fingerprint density at radius 2 is 1.59 bits per heavy atom. The number of likely N-dealkylation sites (N-methyl/N-ethyl adjacent to an activating group) is 1. The number of anilines is 1. The Morgan fingerprint density at radius 3 is 2.19 bits per heavy atom. The molecule has 0 aromatic heterocycles. The second kappa shape index (κ2) is 9.94. The van der Waals surface area contributed by atoms with Gasteiger partial charge in [-0.05, 0) is 31.2 Å². The van der Waals surface area contributed by atoms with Gasteiger partial charge in [-0.2, -0.15) is 0 Å². The highest BCUT2D eigenvalue weighted by Crippen LogP contribution is 2.29. The van der Waals surface area contributed by atoms with E-state index >= 15 is 0 Å². The van der Waals surface area contributed by atoms with E-state index < -0.39 is 5.91 Å². The molecule has 2 aromatic carbocycles. The van der Waals surface area contributed by atoms with Gasteiger partial charge in [0, 0.05) is 12.1 Å². The Balaban J connectivity index is 1.90. The third kappa shape index (κ3) is 5.98. The van der Waals surface area contributed by atoms with E-state index in [0.29, 0.717) is 27.8 Å². The van der Waals surface area contributed by atoms with E-state index in [2.05, 4.69) is 10.6 Å². The molecule has 0 fully saturated rings. The van der Waals surface area contributed by atoms with Crippen LogP contribution in [0.4, 0.5) is 5.69 Å². The van der Waals surface area contributed by atoms with Crippen molar-refractivity contribution in [3.8, 4) is 0 Å². The topological polar surface area (TPSA) is 78.5 Å². The van der Waals surface area contributed by atoms with Gasteiger partial charge >= 0.3 is 0 Å². The molecule has 0 unspecified atom stereocenters. The maximum Gasteiger partial charge on any atom is 0.251 e. The van der Waals surface area contributed by atoms with Crippen molar-refractivity contribution in [2.45, 2.75) is 6.92 Å². The number of benzene rings is 2. The smallest absolute Gasteiger partial charge is 0.251 e. The Morgan fingerprint density at radius 1 is 0.963 bits per heavy atom. The van der Waals surface area contributed by atoms with Crippen molar-refractivity contribution in [2.75, 3.05) is 25.0 Å². The average Bonchev–Trinajstić information content (AvgIpc) is 2.67. The first-order valence-electron chi connectivity index (χ1n) is 8.27. The molecule has 0 atom stereocenters. The highest BCUT2D eigenvalue weighted by Gasteiger charge is 2.18. The monoisotopic (exact) mass is 407 g/mol. The van der Waals surface area contributed by atoms with Gasteiger partial charge in [0.2, 0.25) is 11.8 Å². The number of amides is 3. The van der Waals surface area contributed by atoms with E-state index in [1.165, 1.54) is 4.90 Å². The molecule has 8 heteroatoms. The van der Waals surface area contributed by atoms with E-state index in [-0.39, 0.29) is 24.9 Å². The van der Waals surface area contributed by atoms with Gasteiger partial charge in [-0.3, -0.25) is 14.4 Å². The number of hydrogen-bond donors (Lipinski definition) is 2. The summed E-state index contributed by atoms with van der Waals surface area (Å²) in [4.78, 5) is 37.9. The van der Waals surface area contributed by atoms with Crippen molar-refractivity contribution in [2.24, 2.45) is 0 Å². The van der Waals surface area contributed by atoms with Crippen LogP contribution in [-0.4, -0.2) is 42.3 Å². The number of carbonyl (C=O) groups excluding carboxylic acids is 3. The lowest BCUT2D eigenvalue weighted by Crippen LogP contribution is -2.43. The van der Waals surface area contributed by atoms with E-state index in [1.807, 2.05) is 0 Å². The normalized spacial score (nSPS) is 10.2. The van der Waals surface area contributed by atoms with Crippen LogP contribution in [0.2, 0.25) is 10.0 Å². The SMILES string of the molecule is CCN(CC(=O)Nc1c(Cl)cccc1Cl)C(=O)CNC(=O)c1ccccc1. The minimum Gasteiger partial charge on any atom is -0.343 e. The number of nitrogens with zero attached hydrogens (tertiary/aromatic N) is 1. The molecule has 0 radical (unpaired) electrons. The lowest BCUT2D eigenvalue weighted by Gasteiger charge is -2.21. The average molecular weight is 408 g/mol. The number of halogens is 2. The molecule has 0 aliphatic rings. The van der Waals surface area contributed by atoms with Crippen LogP contribution in [0.3, 0.4) is 0 Å². The fourth-order valence-corrected chi connectivity index (χ4v) is 2.80. The van der Waals surface area contributed by atoms with E-state index in [0.717, 1.165) is 0 Å². The third-order valence-electron chi connectivity index (χ3n) is 3.73. The Hall–Kier alpha value is -2.57. The van der Waals surface area contributed by atoms with Gasteiger partial charge in [0.1, 0.15) is 0 Å². The van der Waals surface area contributed by atoms with Crippen molar-refractivity contribution in [1.82, 2.24) is 10.2 Å². The lowest BCUT2D eigenvalue weighted by atomic mass is 10.2. The Kier molecular flexibility index (Phi) is 7.64. The van der Waals surface area contributed by atoms with E-state index in [4.69, 9.17) is 23.2 Å². The lowest BCUT2D eigenvalue weighted by molar-refractivity contribution is -0.133. The van der Waals surface area contributed by atoms with Gasteiger partial charge in [0.15, 0.2) is 0 Å². The molecule has 2 rings (SSSR count). The molecule has 0 saturated carbocycles. The number of nitrogens with one attached hydrogen (secondary N) is 2. The predicted octanol–water partition coefficient (Wildman–Crippen LogP) is 3.21. The van der Waals surface area contributed by atoms with Crippen LogP contribution >= 0.6 is 23.2 Å². The minimum atomic E-state index is -0.436. The zero-order valence-electron chi connectivity index (χ0n) is 14.7. The van der Waals surface area contributed by atoms with Crippen molar-refractivity contribution in [3.05, 3.63) is 64.1 Å². The molecule has 2 N–H and O–H groups in total. The summed E-state index contributed by atoms with van der Waals surface area (Å²) in [6.07, 6.45) is 0. The molecule has 27 heavy (non-hydrogen) atoms. The molecule has 0 spiro atoms. The molecular weight excluding hydrogens is 389 g/mol. The Labute approximate surface area is 167 Å². The van der Waals surface area contributed by atoms with Crippen LogP contribution in [0, 0.1) is 0 Å². The molecule has 6 nitrogen and oxygen atoms in total. The van der Waals surface area contributed by atoms with Gasteiger partial charge in [0.25, 0.3) is 5.91 Å². The predicted molar refractivity (Wildman–Crippen MR) is 106 cm³/mol. The standard InChI is InChI=1S/C19H19Cl2N3O3/c1-2-24(12-16(25)23-18-14(20)9-6-10-15(18)21)17(26)11-22-19(27)13-7-4-3-5-8-13/h3-10H,2,11-12H2,1H3,(H,22,27)(H,23,25). The number of para-hydroxylation sites is 1. The highest BCUT2D eigenvalue weighted by molar-refractivity contribution is 6.39. The summed E-state index contributed by atoms with van der Waals surface area (Å²) in [5.41, 5.74) is 0.756. The van der Waals surface area contributed by atoms with Crippen LogP contribution in [0.15, 0.2) is 48.5 Å². The van der Waals surface area contributed by atoms with Crippen LogP contribution in [0.25, 0.3) is 0 Å². The molecule has 0 aliphatic heterocycles. The largest absolute Gasteiger partial charge is 0.343 e. The molecule has 0 saturated heterocycles. The van der Waals surface area contributed by atoms with E-state index in [1.54, 1.807) is 55.5 Å². The van der Waals surface area contributed by atoms with Crippen LogP contribution in [-0.2, 0) is 9.59 Å². The molecule has 0 bridgehead atoms. The molecule has 2 aromatic rings. The molecule has 0 aliphatic carbocycles. The van der Waals surface area contributed by atoms with Crippen molar-refractivity contribution >= 4 is 46.6 Å². The van der Waals surface area contributed by atoms with Crippen LogP contribution < -0.4 is 10.6 Å². The third-order valence-corrected chi connectivity index (χ3v) is 4.36. The summed E-state index contributed by atoms with van der Waals surface area (Å²) in [5, 5.41) is 5.77. The zero-order chi connectivity index (χ0) is 19.8. The van der Waals surface area contributed by atoms with E-state index in [9.17, 15) is 14.4 Å². The molecule has 3 amide bonds. The van der Waals surface area contributed by atoms with Crippen molar-refractivity contribution < 1.29 is 14.4 Å². The first-order chi connectivity index (χ1) is 12.9.